The number of carbonyl (C=O) groups is 3. The minimum atomic E-state index is -1.23. The number of amides is 3. The molecule has 4 rings (SSSR count). The van der Waals surface area contributed by atoms with E-state index >= 15 is 0 Å². The number of anilines is 2. The van der Waals surface area contributed by atoms with E-state index in [1.54, 1.807) is 43.3 Å². The monoisotopic (exact) mass is 527 g/mol. The first kappa shape index (κ1) is 26.2. The number of aromatic nitrogens is 1. The zero-order valence-corrected chi connectivity index (χ0v) is 21.4. The van der Waals surface area contributed by atoms with Crippen molar-refractivity contribution in [3.63, 3.8) is 0 Å². The molecule has 1 aromatic carbocycles. The quantitative estimate of drug-likeness (QED) is 0.362. The number of nitrogen functional groups attached to an aromatic ring is 1. The van der Waals surface area contributed by atoms with Gasteiger partial charge in [-0.25, -0.2) is 0 Å². The molecule has 37 heavy (non-hydrogen) atoms. The Labute approximate surface area is 217 Å². The zero-order chi connectivity index (χ0) is 26.5. The summed E-state index contributed by atoms with van der Waals surface area (Å²) in [7, 11) is 0. The summed E-state index contributed by atoms with van der Waals surface area (Å²) in [5.41, 5.74) is 11.4. The highest BCUT2D eigenvalue weighted by molar-refractivity contribution is 7.09. The average Bonchev–Trinajstić information content (AvgIpc) is 3.63. The van der Waals surface area contributed by atoms with Crippen LogP contribution in [-0.4, -0.2) is 48.0 Å². The lowest BCUT2D eigenvalue weighted by Crippen LogP contribution is -2.45. The van der Waals surface area contributed by atoms with Gasteiger partial charge in [-0.2, -0.15) is 4.37 Å². The summed E-state index contributed by atoms with van der Waals surface area (Å²) in [6.45, 7) is 4.79. The number of ether oxygens (including phenoxy) is 2. The Morgan fingerprint density at radius 3 is 2.68 bits per heavy atom. The standard InChI is InChI=1S/C25H29N5O6S/c1-3-34-17-9-5-4-8-16(17)30(25(33)22-19(26)20(23(27)31)29-37-22)21(18-11-10-14(2)36-18)24(32)28-13-15-7-6-12-35-15/h4-5,8-11,15,21H,3,6-7,12-13,26H2,1-2H3,(H2,27,31)(H,28,32)/t15-,21-/m0/s1. The van der Waals surface area contributed by atoms with Crippen molar-refractivity contribution < 1.29 is 28.3 Å². The van der Waals surface area contributed by atoms with Crippen molar-refractivity contribution in [2.45, 2.75) is 38.8 Å². The third kappa shape index (κ3) is 5.59. The maximum atomic E-state index is 14.1. The highest BCUT2D eigenvalue weighted by Crippen LogP contribution is 2.38. The molecule has 1 fully saturated rings. The fourth-order valence-electron chi connectivity index (χ4n) is 4.13. The second-order valence-corrected chi connectivity index (χ2v) is 9.22. The van der Waals surface area contributed by atoms with Crippen LogP contribution in [0.1, 0.15) is 57.5 Å². The van der Waals surface area contributed by atoms with Crippen molar-refractivity contribution in [1.29, 1.82) is 0 Å². The van der Waals surface area contributed by atoms with Gasteiger partial charge in [0.2, 0.25) is 0 Å². The van der Waals surface area contributed by atoms with Crippen LogP contribution in [0.25, 0.3) is 0 Å². The number of carbonyl (C=O) groups excluding carboxylic acids is 3. The summed E-state index contributed by atoms with van der Waals surface area (Å²) < 4.78 is 21.3. The normalized spacial score (nSPS) is 15.8. The summed E-state index contributed by atoms with van der Waals surface area (Å²) in [6.07, 6.45) is 1.63. The minimum Gasteiger partial charge on any atom is -0.492 e. The molecular formula is C25H29N5O6S. The number of nitrogens with zero attached hydrogens (tertiary/aromatic N) is 2. The van der Waals surface area contributed by atoms with Gasteiger partial charge in [0.05, 0.1) is 24.1 Å². The van der Waals surface area contributed by atoms with Gasteiger partial charge in [0.1, 0.15) is 22.1 Å². The lowest BCUT2D eigenvalue weighted by molar-refractivity contribution is -0.123. The van der Waals surface area contributed by atoms with Crippen LogP contribution in [-0.2, 0) is 9.53 Å². The molecule has 1 aliphatic heterocycles. The van der Waals surface area contributed by atoms with Gasteiger partial charge in [-0.1, -0.05) is 12.1 Å². The Kier molecular flexibility index (Phi) is 8.09. The Balaban J connectivity index is 1.83. The van der Waals surface area contributed by atoms with Gasteiger partial charge in [-0.3, -0.25) is 19.3 Å². The van der Waals surface area contributed by atoms with E-state index in [-0.39, 0.29) is 34.7 Å². The molecule has 3 amide bonds. The number of rotatable bonds is 10. The molecule has 0 radical (unpaired) electrons. The van der Waals surface area contributed by atoms with Crippen LogP contribution in [0.2, 0.25) is 0 Å². The maximum absolute atomic E-state index is 14.1. The predicted molar refractivity (Wildman–Crippen MR) is 138 cm³/mol. The van der Waals surface area contributed by atoms with Gasteiger partial charge in [-0.15, -0.1) is 0 Å². The number of furan rings is 1. The lowest BCUT2D eigenvalue weighted by Gasteiger charge is -2.31. The molecule has 0 saturated carbocycles. The zero-order valence-electron chi connectivity index (χ0n) is 20.6. The van der Waals surface area contributed by atoms with E-state index in [0.29, 0.717) is 30.4 Å². The smallest absolute Gasteiger partial charge is 0.273 e. The molecule has 12 heteroatoms. The van der Waals surface area contributed by atoms with E-state index in [0.717, 1.165) is 24.4 Å². The number of nitrogens with two attached hydrogens (primary N) is 2. The third-order valence-corrected chi connectivity index (χ3v) is 6.72. The molecule has 2 atom stereocenters. The number of nitrogens with one attached hydrogen (secondary N) is 1. The second kappa shape index (κ2) is 11.4. The molecule has 11 nitrogen and oxygen atoms in total. The molecule has 2 aromatic heterocycles. The number of hydrogen-bond donors (Lipinski definition) is 3. The molecule has 5 N–H and O–H groups in total. The lowest BCUT2D eigenvalue weighted by atomic mass is 10.1. The van der Waals surface area contributed by atoms with Crippen LogP contribution in [0, 0.1) is 6.92 Å². The van der Waals surface area contributed by atoms with Crippen molar-refractivity contribution >= 4 is 40.6 Å². The van der Waals surface area contributed by atoms with Crippen LogP contribution >= 0.6 is 11.5 Å². The van der Waals surface area contributed by atoms with Crippen LogP contribution < -0.4 is 26.4 Å². The van der Waals surface area contributed by atoms with Gasteiger partial charge in [-0.05, 0) is 62.5 Å². The molecular weight excluding hydrogens is 498 g/mol. The molecule has 0 unspecified atom stereocenters. The molecule has 3 aromatic rings. The number of benzene rings is 1. The van der Waals surface area contributed by atoms with Gasteiger partial charge < -0.3 is 30.7 Å². The van der Waals surface area contributed by atoms with Crippen LogP contribution in [0.4, 0.5) is 11.4 Å². The van der Waals surface area contributed by atoms with Gasteiger partial charge >= 0.3 is 0 Å². The number of para-hydroxylation sites is 2. The number of hydrogen-bond acceptors (Lipinski definition) is 9. The topological polar surface area (TPSA) is 163 Å². The van der Waals surface area contributed by atoms with E-state index in [1.807, 2.05) is 6.92 Å². The fourth-order valence-corrected chi connectivity index (χ4v) is 4.87. The van der Waals surface area contributed by atoms with E-state index < -0.39 is 23.8 Å². The summed E-state index contributed by atoms with van der Waals surface area (Å²) in [6, 6.07) is 8.94. The van der Waals surface area contributed by atoms with Crippen LogP contribution in [0.3, 0.4) is 0 Å². The molecule has 0 spiro atoms. The van der Waals surface area contributed by atoms with E-state index in [4.69, 9.17) is 25.4 Å². The first-order valence-electron chi connectivity index (χ1n) is 11.9. The average molecular weight is 528 g/mol. The molecule has 0 bridgehead atoms. The first-order valence-corrected chi connectivity index (χ1v) is 12.6. The fraction of sp³-hybridized carbons (Fsp3) is 0.360. The summed E-state index contributed by atoms with van der Waals surface area (Å²) >= 11 is 0.728. The summed E-state index contributed by atoms with van der Waals surface area (Å²) in [5.74, 6) is -0.840. The SMILES string of the molecule is CCOc1ccccc1N(C(=O)c1snc(C(N)=O)c1N)[C@H](C(=O)NC[C@@H]1CCCO1)c1ccc(C)o1. The minimum absolute atomic E-state index is 0.0414. The largest absolute Gasteiger partial charge is 0.492 e. The first-order chi connectivity index (χ1) is 17.8. The summed E-state index contributed by atoms with van der Waals surface area (Å²) in [5, 5.41) is 2.90. The Morgan fingerprint density at radius 1 is 1.27 bits per heavy atom. The highest BCUT2D eigenvalue weighted by atomic mass is 32.1. The van der Waals surface area contributed by atoms with E-state index in [9.17, 15) is 14.4 Å². The van der Waals surface area contributed by atoms with Gasteiger partial charge in [0.25, 0.3) is 17.7 Å². The van der Waals surface area contributed by atoms with Crippen molar-refractivity contribution in [1.82, 2.24) is 9.69 Å². The Bertz CT molecular complexity index is 1280. The Morgan fingerprint density at radius 2 is 2.05 bits per heavy atom. The van der Waals surface area contributed by atoms with Crippen molar-refractivity contribution in [3.05, 3.63) is 58.5 Å². The van der Waals surface area contributed by atoms with E-state index in [1.165, 1.54) is 4.90 Å². The molecule has 0 aliphatic carbocycles. The van der Waals surface area contributed by atoms with Gasteiger partial charge in [0, 0.05) is 13.2 Å². The molecule has 3 heterocycles. The van der Waals surface area contributed by atoms with E-state index in [2.05, 4.69) is 9.69 Å². The number of primary amides is 1. The van der Waals surface area contributed by atoms with Crippen LogP contribution in [0.5, 0.6) is 5.75 Å². The second-order valence-electron chi connectivity index (χ2n) is 8.45. The molecule has 196 valence electrons. The van der Waals surface area contributed by atoms with Gasteiger partial charge in [0.15, 0.2) is 11.7 Å². The summed E-state index contributed by atoms with van der Waals surface area (Å²) in [4.78, 5) is 40.8. The number of aryl methyl sites for hydroxylation is 1. The molecule has 1 aliphatic rings. The highest BCUT2D eigenvalue weighted by Gasteiger charge is 2.39. The molecule has 1 saturated heterocycles. The van der Waals surface area contributed by atoms with Crippen molar-refractivity contribution in [3.8, 4) is 5.75 Å². The van der Waals surface area contributed by atoms with Crippen molar-refractivity contribution in [2.75, 3.05) is 30.4 Å². The van der Waals surface area contributed by atoms with Crippen molar-refractivity contribution in [2.24, 2.45) is 5.73 Å². The maximum Gasteiger partial charge on any atom is 0.273 e. The third-order valence-electron chi connectivity index (χ3n) is 5.86. The Hall–Kier alpha value is -3.90. The predicted octanol–water partition coefficient (Wildman–Crippen LogP) is 2.81. The van der Waals surface area contributed by atoms with Crippen LogP contribution in [0.15, 0.2) is 40.8 Å².